The second kappa shape index (κ2) is 7.47. The second-order valence-electron chi connectivity index (χ2n) is 3.93. The third-order valence-electron chi connectivity index (χ3n) is 2.97. The number of nitrogens with one attached hydrogen (secondary N) is 1. The molecule has 0 aromatic carbocycles. The quantitative estimate of drug-likeness (QED) is 0.687. The summed E-state index contributed by atoms with van der Waals surface area (Å²) < 4.78 is 5.38. The van der Waals surface area contributed by atoms with Crippen molar-refractivity contribution in [2.45, 2.75) is 33.7 Å². The fraction of sp³-hybridized carbons (Fsp3) is 0.692. The van der Waals surface area contributed by atoms with Gasteiger partial charge in [0.05, 0.1) is 6.26 Å². The maximum atomic E-state index is 5.38. The molecule has 1 rings (SSSR count). The van der Waals surface area contributed by atoms with Crippen LogP contribution in [0.2, 0.25) is 0 Å². The van der Waals surface area contributed by atoms with E-state index < -0.39 is 0 Å². The van der Waals surface area contributed by atoms with Gasteiger partial charge in [-0.05, 0) is 19.2 Å². The number of aryl methyl sites for hydroxylation is 1. The summed E-state index contributed by atoms with van der Waals surface area (Å²) >= 11 is 0. The zero-order chi connectivity index (χ0) is 11.8. The van der Waals surface area contributed by atoms with Crippen LogP contribution in [0, 0.1) is 0 Å². The monoisotopic (exact) mass is 224 g/mol. The van der Waals surface area contributed by atoms with Gasteiger partial charge in [0.15, 0.2) is 0 Å². The molecule has 3 nitrogen and oxygen atoms in total. The molecule has 0 spiro atoms. The number of hydrogen-bond donors (Lipinski definition) is 1. The lowest BCUT2D eigenvalue weighted by Gasteiger charge is -2.17. The van der Waals surface area contributed by atoms with Gasteiger partial charge in [-0.2, -0.15) is 0 Å². The summed E-state index contributed by atoms with van der Waals surface area (Å²) in [5.41, 5.74) is 1.29. The molecule has 0 aliphatic carbocycles. The molecule has 3 heteroatoms. The van der Waals surface area contributed by atoms with Gasteiger partial charge in [0.1, 0.15) is 5.76 Å². The van der Waals surface area contributed by atoms with E-state index in [4.69, 9.17) is 4.42 Å². The van der Waals surface area contributed by atoms with Crippen LogP contribution in [-0.2, 0) is 13.0 Å². The van der Waals surface area contributed by atoms with E-state index in [-0.39, 0.29) is 0 Å². The van der Waals surface area contributed by atoms with Gasteiger partial charge >= 0.3 is 0 Å². The van der Waals surface area contributed by atoms with Crippen LogP contribution in [0.25, 0.3) is 0 Å². The van der Waals surface area contributed by atoms with E-state index >= 15 is 0 Å². The minimum absolute atomic E-state index is 0.918. The minimum Gasteiger partial charge on any atom is -0.469 e. The highest BCUT2D eigenvalue weighted by Crippen LogP contribution is 2.10. The highest BCUT2D eigenvalue weighted by atomic mass is 16.3. The average Bonchev–Trinajstić information content (AvgIpc) is 2.77. The third kappa shape index (κ3) is 3.99. The summed E-state index contributed by atoms with van der Waals surface area (Å²) in [5.74, 6) is 1.11. The predicted octanol–water partition coefficient (Wildman–Crippen LogP) is 2.27. The predicted molar refractivity (Wildman–Crippen MR) is 67.6 cm³/mol. The molecule has 1 aromatic rings. The summed E-state index contributed by atoms with van der Waals surface area (Å²) in [4.78, 5) is 2.42. The van der Waals surface area contributed by atoms with E-state index in [9.17, 15) is 0 Å². The molecule has 1 N–H and O–H groups in total. The van der Waals surface area contributed by atoms with Crippen molar-refractivity contribution < 1.29 is 4.42 Å². The standard InChI is InChI=1S/C13H24N2O/c1-4-13-12(7-10-16-13)11-14-8-9-15(5-2)6-3/h7,10,14H,4-6,8-9,11H2,1-3H3. The fourth-order valence-electron chi connectivity index (χ4n) is 1.83. The van der Waals surface area contributed by atoms with Gasteiger partial charge in [-0.3, -0.25) is 0 Å². The van der Waals surface area contributed by atoms with Crippen molar-refractivity contribution in [3.63, 3.8) is 0 Å². The summed E-state index contributed by atoms with van der Waals surface area (Å²) in [6, 6.07) is 2.06. The van der Waals surface area contributed by atoms with Gasteiger partial charge in [-0.15, -0.1) is 0 Å². The lowest BCUT2D eigenvalue weighted by molar-refractivity contribution is 0.302. The summed E-state index contributed by atoms with van der Waals surface area (Å²) in [6.07, 6.45) is 2.75. The first kappa shape index (κ1) is 13.3. The van der Waals surface area contributed by atoms with Gasteiger partial charge in [0.2, 0.25) is 0 Å². The van der Waals surface area contributed by atoms with Crippen molar-refractivity contribution in [2.24, 2.45) is 0 Å². The van der Waals surface area contributed by atoms with Crippen LogP contribution >= 0.6 is 0 Å². The van der Waals surface area contributed by atoms with Gasteiger partial charge in [-0.25, -0.2) is 0 Å². The molecule has 0 unspecified atom stereocenters. The lowest BCUT2D eigenvalue weighted by atomic mass is 10.2. The Balaban J connectivity index is 2.20. The van der Waals surface area contributed by atoms with Crippen LogP contribution in [0.4, 0.5) is 0 Å². The molecule has 0 aliphatic heterocycles. The van der Waals surface area contributed by atoms with E-state index in [1.54, 1.807) is 6.26 Å². The Labute approximate surface area is 98.8 Å². The molecule has 1 aromatic heterocycles. The number of hydrogen-bond acceptors (Lipinski definition) is 3. The molecule has 0 fully saturated rings. The molecular formula is C13H24N2O. The highest BCUT2D eigenvalue weighted by molar-refractivity contribution is 5.16. The Hall–Kier alpha value is -0.800. The molecule has 16 heavy (non-hydrogen) atoms. The van der Waals surface area contributed by atoms with Crippen LogP contribution in [-0.4, -0.2) is 31.1 Å². The molecule has 92 valence electrons. The first-order chi connectivity index (χ1) is 7.81. The molecule has 0 saturated carbocycles. The fourth-order valence-corrected chi connectivity index (χ4v) is 1.83. The zero-order valence-electron chi connectivity index (χ0n) is 10.8. The van der Waals surface area contributed by atoms with Crippen molar-refractivity contribution in [1.29, 1.82) is 0 Å². The maximum absolute atomic E-state index is 5.38. The minimum atomic E-state index is 0.918. The Morgan fingerprint density at radius 2 is 2.00 bits per heavy atom. The third-order valence-corrected chi connectivity index (χ3v) is 2.97. The Kier molecular flexibility index (Phi) is 6.19. The van der Waals surface area contributed by atoms with E-state index in [0.717, 1.165) is 44.9 Å². The zero-order valence-corrected chi connectivity index (χ0v) is 10.8. The van der Waals surface area contributed by atoms with Gasteiger partial charge in [0, 0.05) is 31.6 Å². The number of rotatable bonds is 8. The van der Waals surface area contributed by atoms with E-state index in [1.807, 2.05) is 0 Å². The van der Waals surface area contributed by atoms with Crippen LogP contribution in [0.3, 0.4) is 0 Å². The Morgan fingerprint density at radius 3 is 2.62 bits per heavy atom. The van der Waals surface area contributed by atoms with E-state index in [2.05, 4.69) is 37.1 Å². The average molecular weight is 224 g/mol. The molecule has 1 heterocycles. The van der Waals surface area contributed by atoms with Crippen molar-refractivity contribution >= 4 is 0 Å². The van der Waals surface area contributed by atoms with Crippen LogP contribution < -0.4 is 5.32 Å². The summed E-state index contributed by atoms with van der Waals surface area (Å²) in [7, 11) is 0. The van der Waals surface area contributed by atoms with Crippen molar-refractivity contribution in [3.05, 3.63) is 23.7 Å². The number of nitrogens with zero attached hydrogens (tertiary/aromatic N) is 1. The van der Waals surface area contributed by atoms with E-state index in [0.29, 0.717) is 0 Å². The normalized spacial score (nSPS) is 11.2. The SMILES string of the molecule is CCc1occc1CNCCN(CC)CC. The smallest absolute Gasteiger partial charge is 0.107 e. The van der Waals surface area contributed by atoms with Crippen LogP contribution in [0.15, 0.2) is 16.7 Å². The first-order valence-corrected chi connectivity index (χ1v) is 6.30. The van der Waals surface area contributed by atoms with Gasteiger partial charge in [-0.1, -0.05) is 20.8 Å². The van der Waals surface area contributed by atoms with Crippen LogP contribution in [0.1, 0.15) is 32.1 Å². The van der Waals surface area contributed by atoms with E-state index in [1.165, 1.54) is 5.56 Å². The topological polar surface area (TPSA) is 28.4 Å². The maximum Gasteiger partial charge on any atom is 0.107 e. The highest BCUT2D eigenvalue weighted by Gasteiger charge is 2.03. The largest absolute Gasteiger partial charge is 0.469 e. The summed E-state index contributed by atoms with van der Waals surface area (Å²) in [6.45, 7) is 11.9. The second-order valence-corrected chi connectivity index (χ2v) is 3.93. The Morgan fingerprint density at radius 1 is 1.25 bits per heavy atom. The number of furan rings is 1. The molecule has 0 radical (unpaired) electrons. The first-order valence-electron chi connectivity index (χ1n) is 6.30. The van der Waals surface area contributed by atoms with Crippen molar-refractivity contribution in [3.8, 4) is 0 Å². The van der Waals surface area contributed by atoms with Gasteiger partial charge < -0.3 is 14.6 Å². The Bertz CT molecular complexity index is 279. The van der Waals surface area contributed by atoms with Crippen molar-refractivity contribution in [1.82, 2.24) is 10.2 Å². The number of likely N-dealkylation sites (N-methyl/N-ethyl adjacent to an activating group) is 1. The molecule has 0 amide bonds. The molecule has 0 atom stereocenters. The van der Waals surface area contributed by atoms with Crippen LogP contribution in [0.5, 0.6) is 0 Å². The molecular weight excluding hydrogens is 200 g/mol. The molecule has 0 saturated heterocycles. The summed E-state index contributed by atoms with van der Waals surface area (Å²) in [5, 5.41) is 3.46. The molecule has 0 bridgehead atoms. The van der Waals surface area contributed by atoms with Crippen molar-refractivity contribution in [2.75, 3.05) is 26.2 Å². The molecule has 0 aliphatic rings. The van der Waals surface area contributed by atoms with Gasteiger partial charge in [0.25, 0.3) is 0 Å². The lowest BCUT2D eigenvalue weighted by Crippen LogP contribution is -2.31.